The van der Waals surface area contributed by atoms with Gasteiger partial charge in [-0.15, -0.1) is 11.6 Å². The molecule has 1 N–H and O–H groups in total. The molecule has 1 saturated carbocycles. The molecule has 33 heavy (non-hydrogen) atoms. The van der Waals surface area contributed by atoms with E-state index in [-0.39, 0.29) is 29.0 Å². The van der Waals surface area contributed by atoms with Crippen LogP contribution < -0.4 is 10.1 Å². The van der Waals surface area contributed by atoms with E-state index in [2.05, 4.69) is 15.3 Å². The van der Waals surface area contributed by atoms with Gasteiger partial charge < -0.3 is 10.1 Å². The fourth-order valence-electron chi connectivity index (χ4n) is 3.61. The van der Waals surface area contributed by atoms with Gasteiger partial charge in [-0.2, -0.15) is 0 Å². The zero-order chi connectivity index (χ0) is 23.5. The van der Waals surface area contributed by atoms with Crippen LogP contribution >= 0.6 is 23.2 Å². The summed E-state index contributed by atoms with van der Waals surface area (Å²) >= 11 is 12.5. The van der Waals surface area contributed by atoms with E-state index in [0.717, 1.165) is 24.0 Å². The molecule has 0 unspecified atom stereocenters. The van der Waals surface area contributed by atoms with Crippen LogP contribution in [0, 0.1) is 19.7 Å². The first-order chi connectivity index (χ1) is 15.9. The van der Waals surface area contributed by atoms with Crippen molar-refractivity contribution in [1.29, 1.82) is 0 Å². The van der Waals surface area contributed by atoms with Gasteiger partial charge in [0.2, 0.25) is 0 Å². The largest absolute Gasteiger partial charge is 0.450 e. The van der Waals surface area contributed by atoms with E-state index in [9.17, 15) is 9.18 Å². The Morgan fingerprint density at radius 1 is 1.24 bits per heavy atom. The minimum atomic E-state index is -0.483. The Labute approximate surface area is 202 Å². The molecule has 5 nitrogen and oxygen atoms in total. The summed E-state index contributed by atoms with van der Waals surface area (Å²) in [5.74, 6) is 0.0109. The second kappa shape index (κ2) is 10.1. The number of carbonyl (C=O) groups excluding carboxylic acids is 1. The van der Waals surface area contributed by atoms with Crippen molar-refractivity contribution in [3.05, 3.63) is 81.6 Å². The maximum atomic E-state index is 14.9. The molecule has 2 aromatic carbocycles. The lowest BCUT2D eigenvalue weighted by molar-refractivity contribution is 0.0932. The number of alkyl halides is 1. The minimum absolute atomic E-state index is 0.0174. The van der Waals surface area contributed by atoms with Gasteiger partial charge in [0, 0.05) is 16.9 Å². The molecule has 0 spiro atoms. The number of aromatic nitrogens is 2. The van der Waals surface area contributed by atoms with Crippen molar-refractivity contribution in [2.24, 2.45) is 0 Å². The summed E-state index contributed by atoms with van der Waals surface area (Å²) in [6.07, 6.45) is 3.76. The van der Waals surface area contributed by atoms with Crippen LogP contribution in [0.4, 0.5) is 4.39 Å². The fourth-order valence-corrected chi connectivity index (χ4v) is 4.11. The molecule has 1 aromatic heterocycles. The van der Waals surface area contributed by atoms with E-state index < -0.39 is 17.8 Å². The first-order valence-corrected chi connectivity index (χ1v) is 11.7. The van der Waals surface area contributed by atoms with Crippen LogP contribution in [-0.2, 0) is 6.42 Å². The minimum Gasteiger partial charge on any atom is -0.450 e. The number of nitrogens with zero attached hydrogens (tertiary/aromatic N) is 2. The molecular formula is C25H24Cl2FN3O2. The van der Waals surface area contributed by atoms with E-state index in [4.69, 9.17) is 27.9 Å². The number of rotatable bonds is 8. The van der Waals surface area contributed by atoms with E-state index in [1.165, 1.54) is 12.3 Å². The van der Waals surface area contributed by atoms with Gasteiger partial charge in [-0.05, 0) is 67.9 Å². The number of halogens is 3. The lowest BCUT2D eigenvalue weighted by Gasteiger charge is -2.18. The normalized spacial score (nSPS) is 14.1. The number of aryl methyl sites for hydroxylation is 2. The standard InChI is InChI=1S/C25H24Cl2FN3O2/c1-14-6-7-17(20(27)10-14)11-18(12-26)31-25(32)24-22(13-29-15(2)30-24)33-21-5-3-4-19(23(21)28)16-8-9-16/h3-7,10,13,16,18H,8-9,11-12H2,1-2H3,(H,31,32)/t18-/m1/s1. The van der Waals surface area contributed by atoms with Crippen molar-refractivity contribution in [2.45, 2.75) is 45.1 Å². The summed E-state index contributed by atoms with van der Waals surface area (Å²) in [6, 6.07) is 10.4. The topological polar surface area (TPSA) is 64.1 Å². The van der Waals surface area contributed by atoms with Crippen LogP contribution in [0.5, 0.6) is 11.5 Å². The highest BCUT2D eigenvalue weighted by molar-refractivity contribution is 6.31. The molecule has 1 aliphatic carbocycles. The lowest BCUT2D eigenvalue weighted by Crippen LogP contribution is -2.38. The van der Waals surface area contributed by atoms with Crippen LogP contribution in [0.1, 0.15) is 51.8 Å². The van der Waals surface area contributed by atoms with Crippen molar-refractivity contribution < 1.29 is 13.9 Å². The van der Waals surface area contributed by atoms with Crippen molar-refractivity contribution >= 4 is 29.1 Å². The average Bonchev–Trinajstić information content (AvgIpc) is 3.62. The zero-order valence-corrected chi connectivity index (χ0v) is 19.9. The summed E-state index contributed by atoms with van der Waals surface area (Å²) in [5, 5.41) is 3.51. The molecule has 1 amide bonds. The molecule has 0 aliphatic heterocycles. The Hall–Kier alpha value is -2.70. The van der Waals surface area contributed by atoms with E-state index in [1.54, 1.807) is 19.1 Å². The van der Waals surface area contributed by atoms with Crippen molar-refractivity contribution in [3.63, 3.8) is 0 Å². The third kappa shape index (κ3) is 5.63. The highest BCUT2D eigenvalue weighted by atomic mass is 35.5. The SMILES string of the molecule is Cc1ccc(C[C@H](CCl)NC(=O)c2nc(C)ncc2Oc2cccc(C3CC3)c2F)c(Cl)c1. The molecule has 1 aliphatic rings. The number of benzene rings is 2. The monoisotopic (exact) mass is 487 g/mol. The lowest BCUT2D eigenvalue weighted by atomic mass is 10.0. The maximum absolute atomic E-state index is 14.9. The van der Waals surface area contributed by atoms with Crippen molar-refractivity contribution in [3.8, 4) is 11.5 Å². The first kappa shape index (κ1) is 23.5. The number of carbonyl (C=O) groups is 1. The van der Waals surface area contributed by atoms with Gasteiger partial charge in [0.25, 0.3) is 5.91 Å². The van der Waals surface area contributed by atoms with Crippen LogP contribution in [0.15, 0.2) is 42.6 Å². The Balaban J connectivity index is 1.55. The van der Waals surface area contributed by atoms with Gasteiger partial charge in [0.15, 0.2) is 23.0 Å². The Bertz CT molecular complexity index is 1180. The molecular weight excluding hydrogens is 464 g/mol. The molecule has 1 fully saturated rings. The average molecular weight is 488 g/mol. The molecule has 3 aromatic rings. The molecule has 1 heterocycles. The third-order valence-corrected chi connectivity index (χ3v) is 6.24. The zero-order valence-electron chi connectivity index (χ0n) is 18.4. The van der Waals surface area contributed by atoms with Gasteiger partial charge in [-0.1, -0.05) is 35.9 Å². The van der Waals surface area contributed by atoms with E-state index in [0.29, 0.717) is 22.8 Å². The summed E-state index contributed by atoms with van der Waals surface area (Å²) < 4.78 is 20.7. The van der Waals surface area contributed by atoms with Gasteiger partial charge in [-0.25, -0.2) is 14.4 Å². The van der Waals surface area contributed by atoms with Gasteiger partial charge in [-0.3, -0.25) is 4.79 Å². The first-order valence-electron chi connectivity index (χ1n) is 10.8. The number of nitrogens with one attached hydrogen (secondary N) is 1. The van der Waals surface area contributed by atoms with Crippen LogP contribution in [-0.4, -0.2) is 27.8 Å². The van der Waals surface area contributed by atoms with Gasteiger partial charge in [0.05, 0.1) is 6.20 Å². The maximum Gasteiger partial charge on any atom is 0.274 e. The van der Waals surface area contributed by atoms with Crippen LogP contribution in [0.3, 0.4) is 0 Å². The highest BCUT2D eigenvalue weighted by Gasteiger charge is 2.28. The summed E-state index contributed by atoms with van der Waals surface area (Å²) in [4.78, 5) is 21.5. The molecule has 4 rings (SSSR count). The third-order valence-electron chi connectivity index (χ3n) is 5.52. The van der Waals surface area contributed by atoms with Gasteiger partial charge >= 0.3 is 0 Å². The smallest absolute Gasteiger partial charge is 0.274 e. The van der Waals surface area contributed by atoms with E-state index in [1.807, 2.05) is 25.1 Å². The van der Waals surface area contributed by atoms with E-state index >= 15 is 0 Å². The highest BCUT2D eigenvalue weighted by Crippen LogP contribution is 2.43. The van der Waals surface area contributed by atoms with Gasteiger partial charge in [0.1, 0.15) is 5.82 Å². The quantitative estimate of drug-likeness (QED) is 0.387. The number of ether oxygens (including phenoxy) is 1. The van der Waals surface area contributed by atoms with Crippen molar-refractivity contribution in [1.82, 2.24) is 15.3 Å². The Kier molecular flexibility index (Phi) is 7.15. The number of amides is 1. The molecule has 0 saturated heterocycles. The second-order valence-corrected chi connectivity index (χ2v) is 9.01. The predicted molar refractivity (Wildman–Crippen MR) is 127 cm³/mol. The molecule has 8 heteroatoms. The second-order valence-electron chi connectivity index (χ2n) is 8.29. The summed E-state index contributed by atoms with van der Waals surface area (Å²) in [7, 11) is 0. The molecule has 0 bridgehead atoms. The van der Waals surface area contributed by atoms with Crippen LogP contribution in [0.2, 0.25) is 5.02 Å². The molecule has 0 radical (unpaired) electrons. The van der Waals surface area contributed by atoms with Crippen molar-refractivity contribution in [2.75, 3.05) is 5.88 Å². The molecule has 172 valence electrons. The summed E-state index contributed by atoms with van der Waals surface area (Å²) in [5.41, 5.74) is 2.57. The Morgan fingerprint density at radius 3 is 2.73 bits per heavy atom. The number of hydrogen-bond acceptors (Lipinski definition) is 4. The molecule has 1 atom stereocenters. The fraction of sp³-hybridized carbons (Fsp3) is 0.320. The predicted octanol–water partition coefficient (Wildman–Crippen LogP) is 6.14. The number of hydrogen-bond donors (Lipinski definition) is 1. The summed E-state index contributed by atoms with van der Waals surface area (Å²) in [6.45, 7) is 3.62. The van der Waals surface area contributed by atoms with Crippen LogP contribution in [0.25, 0.3) is 0 Å². The Morgan fingerprint density at radius 2 is 2.03 bits per heavy atom.